The van der Waals surface area contributed by atoms with Crippen molar-refractivity contribution >= 4 is 17.4 Å². The summed E-state index contributed by atoms with van der Waals surface area (Å²) in [5, 5.41) is 14.1. The molecule has 7 nitrogen and oxygen atoms in total. The molecule has 1 amide bonds. The zero-order valence-electron chi connectivity index (χ0n) is 16.9. The molecule has 4 rings (SSSR count). The van der Waals surface area contributed by atoms with Gasteiger partial charge in [0, 0.05) is 37.9 Å². The van der Waals surface area contributed by atoms with Gasteiger partial charge in [-0.1, -0.05) is 25.3 Å². The number of nitrogens with zero attached hydrogens (tertiary/aromatic N) is 4. The van der Waals surface area contributed by atoms with Gasteiger partial charge in [0.1, 0.15) is 0 Å². The van der Waals surface area contributed by atoms with E-state index in [4.69, 9.17) is 0 Å². The molecule has 28 heavy (non-hydrogen) atoms. The first kappa shape index (κ1) is 18.9. The first-order chi connectivity index (χ1) is 13.6. The topological polar surface area (TPSA) is 77.1 Å². The molecule has 0 bridgehead atoms. The van der Waals surface area contributed by atoms with Gasteiger partial charge in [-0.2, -0.15) is 5.21 Å². The van der Waals surface area contributed by atoms with Gasteiger partial charge in [0.15, 0.2) is 11.5 Å². The third-order valence-electron chi connectivity index (χ3n) is 6.21. The van der Waals surface area contributed by atoms with Gasteiger partial charge in [0.05, 0.1) is 0 Å². The van der Waals surface area contributed by atoms with Crippen molar-refractivity contribution in [2.75, 3.05) is 31.5 Å². The van der Waals surface area contributed by atoms with Crippen molar-refractivity contribution in [3.63, 3.8) is 0 Å². The number of rotatable bonds is 4. The average molecular weight is 383 g/mol. The van der Waals surface area contributed by atoms with E-state index in [-0.39, 0.29) is 5.91 Å². The molecule has 150 valence electrons. The van der Waals surface area contributed by atoms with E-state index in [2.05, 4.69) is 51.6 Å². The minimum Gasteiger partial charge on any atom is -0.337 e. The highest BCUT2D eigenvalue weighted by molar-refractivity contribution is 5.97. The molecule has 0 atom stereocenters. The first-order valence-electron chi connectivity index (χ1n) is 10.4. The summed E-state index contributed by atoms with van der Waals surface area (Å²) in [6, 6.07) is 6.82. The molecule has 2 fully saturated rings. The van der Waals surface area contributed by atoms with Gasteiger partial charge < -0.3 is 10.2 Å². The Kier molecular flexibility index (Phi) is 5.62. The molecule has 1 saturated carbocycles. The van der Waals surface area contributed by atoms with Crippen molar-refractivity contribution in [2.24, 2.45) is 0 Å². The summed E-state index contributed by atoms with van der Waals surface area (Å²) in [7, 11) is 0. The number of amides is 1. The molecule has 2 heterocycles. The van der Waals surface area contributed by atoms with Crippen molar-refractivity contribution in [2.45, 2.75) is 52.0 Å². The summed E-state index contributed by atoms with van der Waals surface area (Å²) in [4.78, 5) is 17.5. The SMILES string of the molecule is Cc1ccc(Nc2n[nH]nc2C(=O)N2CCN(C3CCCCC3)CC2)cc1C. The fourth-order valence-electron chi connectivity index (χ4n) is 4.31. The zero-order chi connectivity index (χ0) is 19.5. The number of carbonyl (C=O) groups excluding carboxylic acids is 1. The first-order valence-corrected chi connectivity index (χ1v) is 10.4. The van der Waals surface area contributed by atoms with E-state index in [0.29, 0.717) is 17.6 Å². The molecule has 2 aliphatic rings. The van der Waals surface area contributed by atoms with E-state index >= 15 is 0 Å². The number of nitrogens with one attached hydrogen (secondary N) is 2. The number of H-pyrrole nitrogens is 1. The molecule has 1 saturated heterocycles. The lowest BCUT2D eigenvalue weighted by Gasteiger charge is -2.40. The summed E-state index contributed by atoms with van der Waals surface area (Å²) in [6.45, 7) is 7.57. The van der Waals surface area contributed by atoms with Crippen LogP contribution in [0.4, 0.5) is 11.5 Å². The van der Waals surface area contributed by atoms with Crippen LogP contribution in [0.2, 0.25) is 0 Å². The van der Waals surface area contributed by atoms with Gasteiger partial charge in [-0.3, -0.25) is 9.69 Å². The molecule has 2 aromatic rings. The summed E-state index contributed by atoms with van der Waals surface area (Å²) in [5.74, 6) is 0.436. The largest absolute Gasteiger partial charge is 0.337 e. The third kappa shape index (κ3) is 4.04. The van der Waals surface area contributed by atoms with Crippen LogP contribution in [0, 0.1) is 13.8 Å². The van der Waals surface area contributed by atoms with Crippen molar-refractivity contribution in [3.8, 4) is 0 Å². The summed E-state index contributed by atoms with van der Waals surface area (Å²) >= 11 is 0. The van der Waals surface area contributed by atoms with Gasteiger partial charge >= 0.3 is 0 Å². The fourth-order valence-corrected chi connectivity index (χ4v) is 4.31. The van der Waals surface area contributed by atoms with Crippen molar-refractivity contribution in [1.29, 1.82) is 0 Å². The van der Waals surface area contributed by atoms with Crippen LogP contribution in [0.25, 0.3) is 0 Å². The van der Waals surface area contributed by atoms with Crippen LogP contribution in [0.5, 0.6) is 0 Å². The summed E-state index contributed by atoms with van der Waals surface area (Å²) in [5.41, 5.74) is 3.70. The zero-order valence-corrected chi connectivity index (χ0v) is 16.9. The number of aromatic amines is 1. The quantitative estimate of drug-likeness (QED) is 0.849. The lowest BCUT2D eigenvalue weighted by Crippen LogP contribution is -2.52. The molecule has 0 radical (unpaired) electrons. The lowest BCUT2D eigenvalue weighted by atomic mass is 9.94. The number of piperazine rings is 1. The fraction of sp³-hybridized carbons (Fsp3) is 0.571. The number of anilines is 2. The monoisotopic (exact) mass is 382 g/mol. The second-order valence-corrected chi connectivity index (χ2v) is 8.06. The van der Waals surface area contributed by atoms with E-state index in [0.717, 1.165) is 31.9 Å². The lowest BCUT2D eigenvalue weighted by molar-refractivity contribution is 0.0519. The minimum atomic E-state index is -0.0524. The molecular formula is C21H30N6O. The smallest absolute Gasteiger partial charge is 0.278 e. The molecule has 1 aromatic carbocycles. The number of benzene rings is 1. The highest BCUT2D eigenvalue weighted by Crippen LogP contribution is 2.25. The van der Waals surface area contributed by atoms with Crippen LogP contribution in [0.15, 0.2) is 18.2 Å². The van der Waals surface area contributed by atoms with E-state index in [9.17, 15) is 4.79 Å². The van der Waals surface area contributed by atoms with Crippen LogP contribution < -0.4 is 5.32 Å². The summed E-state index contributed by atoms with van der Waals surface area (Å²) in [6.07, 6.45) is 6.67. The highest BCUT2D eigenvalue weighted by atomic mass is 16.2. The Labute approximate surface area is 166 Å². The number of hydrogen-bond acceptors (Lipinski definition) is 5. The van der Waals surface area contributed by atoms with Crippen LogP contribution in [-0.2, 0) is 0 Å². The molecule has 1 aliphatic heterocycles. The number of aryl methyl sites for hydroxylation is 2. The molecule has 0 spiro atoms. The Hall–Kier alpha value is -2.41. The number of carbonyl (C=O) groups is 1. The van der Waals surface area contributed by atoms with Gasteiger partial charge in [-0.25, -0.2) is 0 Å². The van der Waals surface area contributed by atoms with E-state index in [1.165, 1.54) is 43.2 Å². The molecule has 1 aliphatic carbocycles. The Morgan fingerprint density at radius 1 is 1.04 bits per heavy atom. The molecule has 0 unspecified atom stereocenters. The second-order valence-electron chi connectivity index (χ2n) is 8.06. The van der Waals surface area contributed by atoms with Crippen molar-refractivity contribution in [1.82, 2.24) is 25.2 Å². The van der Waals surface area contributed by atoms with Crippen LogP contribution >= 0.6 is 0 Å². The molecule has 7 heteroatoms. The van der Waals surface area contributed by atoms with E-state index in [1.807, 2.05) is 11.0 Å². The Bertz CT molecular complexity index is 818. The number of hydrogen-bond donors (Lipinski definition) is 2. The van der Waals surface area contributed by atoms with Crippen molar-refractivity contribution < 1.29 is 4.79 Å². The standard InChI is InChI=1S/C21H30N6O/c1-15-8-9-17(14-16(15)2)22-20-19(23-25-24-20)21(28)27-12-10-26(11-13-27)18-6-4-3-5-7-18/h8-9,14,18H,3-7,10-13H2,1-2H3,(H2,22,23,24,25). The van der Waals surface area contributed by atoms with Crippen molar-refractivity contribution in [3.05, 3.63) is 35.0 Å². The normalized spacial score (nSPS) is 19.0. The Morgan fingerprint density at radius 2 is 1.79 bits per heavy atom. The van der Waals surface area contributed by atoms with Gasteiger partial charge in [0.25, 0.3) is 5.91 Å². The minimum absolute atomic E-state index is 0.0524. The average Bonchev–Trinajstić information content (AvgIpc) is 3.19. The van der Waals surface area contributed by atoms with Crippen LogP contribution in [-0.4, -0.2) is 63.3 Å². The predicted molar refractivity (Wildman–Crippen MR) is 110 cm³/mol. The van der Waals surface area contributed by atoms with Gasteiger partial charge in [-0.05, 0) is 49.9 Å². The Balaban J connectivity index is 1.39. The van der Waals surface area contributed by atoms with Gasteiger partial charge in [-0.15, -0.1) is 10.2 Å². The molecule has 2 N–H and O–H groups in total. The van der Waals surface area contributed by atoms with E-state index in [1.54, 1.807) is 0 Å². The third-order valence-corrected chi connectivity index (χ3v) is 6.21. The summed E-state index contributed by atoms with van der Waals surface area (Å²) < 4.78 is 0. The predicted octanol–water partition coefficient (Wildman–Crippen LogP) is 3.26. The number of aromatic nitrogens is 3. The van der Waals surface area contributed by atoms with Crippen LogP contribution in [0.1, 0.15) is 53.7 Å². The van der Waals surface area contributed by atoms with Crippen LogP contribution in [0.3, 0.4) is 0 Å². The van der Waals surface area contributed by atoms with Gasteiger partial charge in [0.2, 0.25) is 0 Å². The highest BCUT2D eigenvalue weighted by Gasteiger charge is 2.29. The second kappa shape index (κ2) is 8.31. The maximum Gasteiger partial charge on any atom is 0.278 e. The molecule has 1 aromatic heterocycles. The molecular weight excluding hydrogens is 352 g/mol. The van der Waals surface area contributed by atoms with E-state index < -0.39 is 0 Å². The maximum absolute atomic E-state index is 13.0. The maximum atomic E-state index is 13.0. The Morgan fingerprint density at radius 3 is 2.50 bits per heavy atom.